The lowest BCUT2D eigenvalue weighted by atomic mass is 9.89. The van der Waals surface area contributed by atoms with Crippen molar-refractivity contribution in [3.8, 4) is 5.75 Å². The molecule has 4 aromatic rings. The number of piperidine rings is 1. The summed E-state index contributed by atoms with van der Waals surface area (Å²) in [6.07, 6.45) is 5.00. The van der Waals surface area contributed by atoms with Crippen LogP contribution in [-0.2, 0) is 6.42 Å². The number of halogens is 1. The Morgan fingerprint density at radius 3 is 2.51 bits per heavy atom. The minimum absolute atomic E-state index is 0.0798. The summed E-state index contributed by atoms with van der Waals surface area (Å²) >= 11 is 0. The van der Waals surface area contributed by atoms with Crippen molar-refractivity contribution < 1.29 is 13.9 Å². The molecule has 1 aromatic heterocycles. The zero-order valence-corrected chi connectivity index (χ0v) is 23.0. The van der Waals surface area contributed by atoms with Gasteiger partial charge in [0.05, 0.1) is 0 Å². The van der Waals surface area contributed by atoms with Crippen molar-refractivity contribution in [3.05, 3.63) is 101 Å². The molecule has 0 bridgehead atoms. The van der Waals surface area contributed by atoms with Crippen LogP contribution >= 0.6 is 0 Å². The molecule has 0 unspecified atom stereocenters. The number of amides is 1. The van der Waals surface area contributed by atoms with Crippen molar-refractivity contribution in [3.63, 3.8) is 0 Å². The second-order valence-corrected chi connectivity index (χ2v) is 10.4. The van der Waals surface area contributed by atoms with Crippen LogP contribution in [0.1, 0.15) is 59.7 Å². The zero-order valence-electron chi connectivity index (χ0n) is 23.0. The lowest BCUT2D eigenvalue weighted by molar-refractivity contribution is 0.0773. The Morgan fingerprint density at radius 1 is 1.03 bits per heavy atom. The maximum atomic E-state index is 13.6. The van der Waals surface area contributed by atoms with E-state index < -0.39 is 0 Å². The smallest absolute Gasteiger partial charge is 0.253 e. The standard InChI is InChI=1S/C33H38FN3O2/c1-3-37(4-2)33(38)26-11-9-24(10-12-26)21-27-7-5-6-8-32(27)39-20-19-36-17-15-25(16-18-36)30-23-35-31-22-28(34)13-14-29(30)31/h5-14,22-23,25,35H,3-4,15-21H2,1-2H3. The van der Waals surface area contributed by atoms with Crippen LogP contribution in [-0.4, -0.2) is 60.0 Å². The van der Waals surface area contributed by atoms with Crippen LogP contribution in [0.4, 0.5) is 4.39 Å². The monoisotopic (exact) mass is 527 g/mol. The van der Waals surface area contributed by atoms with Crippen LogP contribution in [0.5, 0.6) is 5.75 Å². The zero-order chi connectivity index (χ0) is 27.2. The molecule has 1 amide bonds. The molecule has 0 radical (unpaired) electrons. The van der Waals surface area contributed by atoms with Gasteiger partial charge in [-0.25, -0.2) is 4.39 Å². The third-order valence-electron chi connectivity index (χ3n) is 7.99. The van der Waals surface area contributed by atoms with Crippen molar-refractivity contribution in [1.29, 1.82) is 0 Å². The molecule has 0 saturated carbocycles. The average molecular weight is 528 g/mol. The van der Waals surface area contributed by atoms with Crippen LogP contribution in [0, 0.1) is 5.82 Å². The molecule has 0 spiro atoms. The predicted octanol–water partition coefficient (Wildman–Crippen LogP) is 6.64. The number of carbonyl (C=O) groups excluding carboxylic acids is 1. The largest absolute Gasteiger partial charge is 0.492 e. The minimum atomic E-state index is -0.201. The van der Waals surface area contributed by atoms with E-state index in [1.807, 2.05) is 67.3 Å². The summed E-state index contributed by atoms with van der Waals surface area (Å²) in [5, 5.41) is 1.14. The number of nitrogens with zero attached hydrogens (tertiary/aromatic N) is 2. The van der Waals surface area contributed by atoms with Crippen LogP contribution < -0.4 is 4.74 Å². The van der Waals surface area contributed by atoms with Crippen LogP contribution in [0.2, 0.25) is 0 Å². The van der Waals surface area contributed by atoms with Crippen molar-refractivity contribution in [2.75, 3.05) is 39.3 Å². The minimum Gasteiger partial charge on any atom is -0.492 e. The Kier molecular flexibility index (Phi) is 8.62. The highest BCUT2D eigenvalue weighted by Crippen LogP contribution is 2.33. The van der Waals surface area contributed by atoms with Gasteiger partial charge in [-0.05, 0) is 98.8 Å². The molecule has 3 aromatic carbocycles. The molecule has 2 heterocycles. The highest BCUT2D eigenvalue weighted by atomic mass is 19.1. The number of hydrogen-bond acceptors (Lipinski definition) is 3. The molecule has 5 nitrogen and oxygen atoms in total. The molecular formula is C33H38FN3O2. The molecule has 5 rings (SSSR count). The van der Waals surface area contributed by atoms with Crippen molar-refractivity contribution >= 4 is 16.8 Å². The van der Waals surface area contributed by atoms with E-state index in [1.165, 1.54) is 5.56 Å². The normalized spacial score (nSPS) is 14.5. The highest BCUT2D eigenvalue weighted by Gasteiger charge is 2.23. The van der Waals surface area contributed by atoms with E-state index in [4.69, 9.17) is 4.74 Å². The Morgan fingerprint density at radius 2 is 1.77 bits per heavy atom. The summed E-state index contributed by atoms with van der Waals surface area (Å²) in [5.41, 5.74) is 5.22. The summed E-state index contributed by atoms with van der Waals surface area (Å²) < 4.78 is 19.8. The Bertz CT molecular complexity index is 1390. The third-order valence-corrected chi connectivity index (χ3v) is 7.99. The Balaban J connectivity index is 1.12. The fourth-order valence-corrected chi connectivity index (χ4v) is 5.68. The number of benzene rings is 3. The van der Waals surface area contributed by atoms with Crippen LogP contribution in [0.3, 0.4) is 0 Å². The first kappa shape index (κ1) is 26.9. The van der Waals surface area contributed by atoms with E-state index in [9.17, 15) is 9.18 Å². The number of carbonyl (C=O) groups is 1. The average Bonchev–Trinajstić information content (AvgIpc) is 3.38. The van der Waals surface area contributed by atoms with E-state index in [-0.39, 0.29) is 11.7 Å². The highest BCUT2D eigenvalue weighted by molar-refractivity contribution is 5.94. The molecule has 1 aliphatic heterocycles. The first-order chi connectivity index (χ1) is 19.1. The SMILES string of the molecule is CCN(CC)C(=O)c1ccc(Cc2ccccc2OCCN2CCC(c3c[nH]c4cc(F)ccc34)CC2)cc1. The first-order valence-electron chi connectivity index (χ1n) is 14.1. The summed E-state index contributed by atoms with van der Waals surface area (Å²) in [4.78, 5) is 20.2. The number of rotatable bonds is 10. The number of aromatic amines is 1. The van der Waals surface area contributed by atoms with E-state index in [0.29, 0.717) is 25.6 Å². The lowest BCUT2D eigenvalue weighted by Crippen LogP contribution is -2.35. The molecule has 1 saturated heterocycles. The van der Waals surface area contributed by atoms with Gasteiger partial charge in [0.25, 0.3) is 5.91 Å². The predicted molar refractivity (Wildman–Crippen MR) is 155 cm³/mol. The van der Waals surface area contributed by atoms with Crippen LogP contribution in [0.15, 0.2) is 72.9 Å². The Labute approximate surface area is 230 Å². The van der Waals surface area contributed by atoms with Gasteiger partial charge in [-0.1, -0.05) is 30.3 Å². The van der Waals surface area contributed by atoms with Gasteiger partial charge in [-0.3, -0.25) is 9.69 Å². The van der Waals surface area contributed by atoms with E-state index in [2.05, 4.69) is 22.1 Å². The van der Waals surface area contributed by atoms with Crippen molar-refractivity contribution in [1.82, 2.24) is 14.8 Å². The molecule has 204 valence electrons. The number of ether oxygens (including phenoxy) is 1. The third kappa shape index (κ3) is 6.34. The number of fused-ring (bicyclic) bond motifs is 1. The van der Waals surface area contributed by atoms with Gasteiger partial charge in [0.2, 0.25) is 0 Å². The summed E-state index contributed by atoms with van der Waals surface area (Å²) in [6, 6.07) is 21.2. The molecule has 0 atom stereocenters. The molecule has 6 heteroatoms. The van der Waals surface area contributed by atoms with Crippen molar-refractivity contribution in [2.45, 2.75) is 39.0 Å². The second-order valence-electron chi connectivity index (χ2n) is 10.4. The molecule has 1 fully saturated rings. The quantitative estimate of drug-likeness (QED) is 0.252. The fourth-order valence-electron chi connectivity index (χ4n) is 5.68. The number of H-pyrrole nitrogens is 1. The van der Waals surface area contributed by atoms with E-state index in [1.54, 1.807) is 12.1 Å². The second kappa shape index (κ2) is 12.5. The maximum Gasteiger partial charge on any atom is 0.253 e. The summed E-state index contributed by atoms with van der Waals surface area (Å²) in [5.74, 6) is 1.29. The topological polar surface area (TPSA) is 48.6 Å². The molecule has 1 aliphatic rings. The molecule has 0 aliphatic carbocycles. The number of hydrogen-bond donors (Lipinski definition) is 1. The summed E-state index contributed by atoms with van der Waals surface area (Å²) in [6.45, 7) is 9.03. The van der Waals surface area contributed by atoms with Gasteiger partial charge < -0.3 is 14.6 Å². The van der Waals surface area contributed by atoms with Crippen molar-refractivity contribution in [2.24, 2.45) is 0 Å². The number of aromatic nitrogens is 1. The van der Waals surface area contributed by atoms with Gasteiger partial charge in [0.1, 0.15) is 18.2 Å². The van der Waals surface area contributed by atoms with Crippen LogP contribution in [0.25, 0.3) is 10.9 Å². The number of likely N-dealkylation sites (tertiary alicyclic amines) is 1. The van der Waals surface area contributed by atoms with Gasteiger partial charge in [0, 0.05) is 48.7 Å². The molecule has 39 heavy (non-hydrogen) atoms. The Hall–Kier alpha value is -3.64. The fraction of sp³-hybridized carbons (Fsp3) is 0.364. The maximum absolute atomic E-state index is 13.6. The van der Waals surface area contributed by atoms with E-state index >= 15 is 0 Å². The first-order valence-corrected chi connectivity index (χ1v) is 14.1. The van der Waals surface area contributed by atoms with Gasteiger partial charge in [-0.2, -0.15) is 0 Å². The lowest BCUT2D eigenvalue weighted by Gasteiger charge is -2.31. The number of nitrogens with one attached hydrogen (secondary N) is 1. The van der Waals surface area contributed by atoms with Gasteiger partial charge >= 0.3 is 0 Å². The molecular weight excluding hydrogens is 489 g/mol. The number of para-hydroxylation sites is 1. The van der Waals surface area contributed by atoms with Gasteiger partial charge in [-0.15, -0.1) is 0 Å². The summed E-state index contributed by atoms with van der Waals surface area (Å²) in [7, 11) is 0. The van der Waals surface area contributed by atoms with Gasteiger partial charge in [0.15, 0.2) is 0 Å². The van der Waals surface area contributed by atoms with E-state index in [0.717, 1.165) is 72.2 Å². The molecule has 1 N–H and O–H groups in total.